The zero-order chi connectivity index (χ0) is 29.1. The summed E-state index contributed by atoms with van der Waals surface area (Å²) in [5.41, 5.74) is 3.05. The molecule has 10 heteroatoms. The van der Waals surface area contributed by atoms with Crippen LogP contribution in [-0.2, 0) is 26.0 Å². The second kappa shape index (κ2) is 12.3. The largest absolute Gasteiger partial charge is 0.326 e. The first-order valence-corrected chi connectivity index (χ1v) is 15.4. The predicted octanol–water partition coefficient (Wildman–Crippen LogP) is 6.72. The maximum Gasteiger partial charge on any atom is 0.255 e. The number of hydrogen-bond acceptors (Lipinski definition) is 4. The van der Waals surface area contributed by atoms with Crippen LogP contribution in [0.3, 0.4) is 0 Å². The Balaban J connectivity index is 1.38. The van der Waals surface area contributed by atoms with Gasteiger partial charge in [0.05, 0.1) is 11.7 Å². The van der Waals surface area contributed by atoms with E-state index in [9.17, 15) is 18.0 Å². The summed E-state index contributed by atoms with van der Waals surface area (Å²) in [7, 11) is -3.74. The van der Waals surface area contributed by atoms with Crippen LogP contribution in [0.5, 0.6) is 0 Å². The number of benzene rings is 3. The van der Waals surface area contributed by atoms with E-state index >= 15 is 0 Å². The average molecular weight is 603 g/mol. The van der Waals surface area contributed by atoms with Crippen LogP contribution in [0.25, 0.3) is 0 Å². The van der Waals surface area contributed by atoms with E-state index in [1.54, 1.807) is 54.6 Å². The van der Waals surface area contributed by atoms with Crippen LogP contribution >= 0.6 is 23.2 Å². The van der Waals surface area contributed by atoms with E-state index < -0.39 is 15.9 Å². The molecule has 2 amide bonds. The molecule has 1 fully saturated rings. The monoisotopic (exact) mass is 601 g/mol. The molecule has 212 valence electrons. The minimum absolute atomic E-state index is 0.00949. The van der Waals surface area contributed by atoms with E-state index in [-0.39, 0.29) is 39.6 Å². The van der Waals surface area contributed by atoms with E-state index in [2.05, 4.69) is 31.4 Å². The van der Waals surface area contributed by atoms with Gasteiger partial charge in [-0.2, -0.15) is 0 Å². The second-order valence-corrected chi connectivity index (χ2v) is 13.8. The molecule has 1 atom stereocenters. The number of piperidine rings is 1. The maximum absolute atomic E-state index is 13.2. The molecule has 7 nitrogen and oxygen atoms in total. The summed E-state index contributed by atoms with van der Waals surface area (Å²) in [4.78, 5) is 25.9. The predicted molar refractivity (Wildman–Crippen MR) is 162 cm³/mol. The molecule has 1 aliphatic rings. The van der Waals surface area contributed by atoms with Gasteiger partial charge in [0, 0.05) is 45.6 Å². The van der Waals surface area contributed by atoms with E-state index in [1.165, 1.54) is 4.31 Å². The Morgan fingerprint density at radius 1 is 0.925 bits per heavy atom. The Bertz CT molecular complexity index is 1480. The van der Waals surface area contributed by atoms with Crippen LogP contribution in [0, 0.1) is 5.92 Å². The molecule has 40 heavy (non-hydrogen) atoms. The third kappa shape index (κ3) is 7.43. The highest BCUT2D eigenvalue weighted by Crippen LogP contribution is 2.29. The van der Waals surface area contributed by atoms with Crippen LogP contribution in [0.2, 0.25) is 10.0 Å². The van der Waals surface area contributed by atoms with Gasteiger partial charge >= 0.3 is 0 Å². The average Bonchev–Trinajstić information content (AvgIpc) is 2.91. The third-order valence-corrected chi connectivity index (χ3v) is 9.42. The minimum atomic E-state index is -3.74. The molecule has 1 unspecified atom stereocenters. The van der Waals surface area contributed by atoms with Crippen LogP contribution < -0.4 is 10.6 Å². The Morgan fingerprint density at radius 2 is 1.52 bits per heavy atom. The molecule has 3 aromatic carbocycles. The lowest BCUT2D eigenvalue weighted by Crippen LogP contribution is -2.44. The fourth-order valence-corrected chi connectivity index (χ4v) is 6.96. The number of hydrogen-bond donors (Lipinski definition) is 2. The lowest BCUT2D eigenvalue weighted by atomic mass is 9.87. The number of sulfonamides is 1. The summed E-state index contributed by atoms with van der Waals surface area (Å²) >= 11 is 12.4. The number of carbonyl (C=O) groups is 2. The quantitative estimate of drug-likeness (QED) is 0.314. The van der Waals surface area contributed by atoms with Crippen molar-refractivity contribution >= 4 is 56.4 Å². The van der Waals surface area contributed by atoms with E-state index in [0.717, 1.165) is 5.56 Å². The first-order chi connectivity index (χ1) is 18.8. The zero-order valence-electron chi connectivity index (χ0n) is 22.7. The van der Waals surface area contributed by atoms with Gasteiger partial charge in [-0.25, -0.2) is 12.7 Å². The van der Waals surface area contributed by atoms with Crippen LogP contribution in [0.1, 0.15) is 55.1 Å². The van der Waals surface area contributed by atoms with E-state index in [0.29, 0.717) is 41.9 Å². The highest BCUT2D eigenvalue weighted by molar-refractivity contribution is 7.88. The summed E-state index contributed by atoms with van der Waals surface area (Å²) in [6.45, 7) is 6.73. The van der Waals surface area contributed by atoms with Crippen molar-refractivity contribution < 1.29 is 18.0 Å². The molecule has 2 N–H and O–H groups in total. The Labute approximate surface area is 245 Å². The van der Waals surface area contributed by atoms with Gasteiger partial charge < -0.3 is 10.6 Å². The number of halogens is 2. The molecule has 4 rings (SSSR count). The molecule has 0 bridgehead atoms. The number of nitrogens with zero attached hydrogens (tertiary/aromatic N) is 1. The molecule has 1 heterocycles. The Hall–Kier alpha value is -2.91. The molecule has 3 aromatic rings. The molecular formula is C30H33Cl2N3O4S. The van der Waals surface area contributed by atoms with Crippen molar-refractivity contribution in [3.8, 4) is 0 Å². The fraction of sp³-hybridized carbons (Fsp3) is 0.333. The summed E-state index contributed by atoms with van der Waals surface area (Å²) < 4.78 is 27.6. The van der Waals surface area contributed by atoms with Crippen molar-refractivity contribution in [3.63, 3.8) is 0 Å². The van der Waals surface area contributed by atoms with Gasteiger partial charge in [-0.1, -0.05) is 68.2 Å². The van der Waals surface area contributed by atoms with Crippen LogP contribution in [-0.4, -0.2) is 37.6 Å². The number of anilines is 2. The van der Waals surface area contributed by atoms with Gasteiger partial charge in [0.2, 0.25) is 15.9 Å². The minimum Gasteiger partial charge on any atom is -0.326 e. The van der Waals surface area contributed by atoms with Gasteiger partial charge in [-0.3, -0.25) is 9.59 Å². The number of amides is 2. The second-order valence-electron chi connectivity index (χ2n) is 11.0. The van der Waals surface area contributed by atoms with Gasteiger partial charge in [-0.05, 0) is 66.3 Å². The SMILES string of the molecule is CC(C)(C)c1ccc(C(=O)Nc2cccc(NC(=O)C3CCCN(S(=O)(=O)Cc4c(Cl)cccc4Cl)C3)c2)cc1. The van der Waals surface area contributed by atoms with Crippen LogP contribution in [0.15, 0.2) is 66.7 Å². The first kappa shape index (κ1) is 30.1. The Morgan fingerprint density at radius 3 is 2.15 bits per heavy atom. The van der Waals surface area contributed by atoms with Gasteiger partial charge in [0.25, 0.3) is 5.91 Å². The summed E-state index contributed by atoms with van der Waals surface area (Å²) in [5, 5.41) is 6.32. The van der Waals surface area contributed by atoms with Crippen molar-refractivity contribution in [1.82, 2.24) is 4.31 Å². The summed E-state index contributed by atoms with van der Waals surface area (Å²) in [5.74, 6) is -1.39. The zero-order valence-corrected chi connectivity index (χ0v) is 25.0. The molecule has 0 radical (unpaired) electrons. The third-order valence-electron chi connectivity index (χ3n) is 6.94. The van der Waals surface area contributed by atoms with Crippen molar-refractivity contribution in [1.29, 1.82) is 0 Å². The molecule has 0 aliphatic carbocycles. The number of nitrogens with one attached hydrogen (secondary N) is 2. The molecular weight excluding hydrogens is 569 g/mol. The van der Waals surface area contributed by atoms with Crippen molar-refractivity contribution in [3.05, 3.63) is 93.5 Å². The van der Waals surface area contributed by atoms with Crippen molar-refractivity contribution in [2.75, 3.05) is 23.7 Å². The van der Waals surface area contributed by atoms with Crippen LogP contribution in [0.4, 0.5) is 11.4 Å². The highest BCUT2D eigenvalue weighted by atomic mass is 35.5. The first-order valence-electron chi connectivity index (χ1n) is 13.1. The van der Waals surface area contributed by atoms with Crippen molar-refractivity contribution in [2.45, 2.75) is 44.8 Å². The van der Waals surface area contributed by atoms with Gasteiger partial charge in [-0.15, -0.1) is 0 Å². The molecule has 0 spiro atoms. The smallest absolute Gasteiger partial charge is 0.255 e. The Kier molecular flexibility index (Phi) is 9.25. The highest BCUT2D eigenvalue weighted by Gasteiger charge is 2.33. The maximum atomic E-state index is 13.2. The summed E-state index contributed by atoms with van der Waals surface area (Å²) in [6.07, 6.45) is 1.11. The van der Waals surface area contributed by atoms with E-state index in [1.807, 2.05) is 12.1 Å². The van der Waals surface area contributed by atoms with Crippen molar-refractivity contribution in [2.24, 2.45) is 5.92 Å². The molecule has 1 saturated heterocycles. The van der Waals surface area contributed by atoms with Gasteiger partial charge in [0.1, 0.15) is 0 Å². The number of carbonyl (C=O) groups excluding carboxylic acids is 2. The fourth-order valence-electron chi connectivity index (χ4n) is 4.60. The molecule has 0 aromatic heterocycles. The topological polar surface area (TPSA) is 95.6 Å². The molecule has 0 saturated carbocycles. The molecule has 1 aliphatic heterocycles. The standard InChI is InChI=1S/C30H33Cl2N3O4S/c1-30(2,3)22-14-12-20(13-15-22)28(36)33-23-8-4-9-24(17-23)34-29(37)21-7-6-16-35(18-21)40(38,39)19-25-26(31)10-5-11-27(25)32/h4-5,8-15,17,21H,6-7,16,18-19H2,1-3H3,(H,33,36)(H,34,37). The normalized spacial score (nSPS) is 16.4. The lowest BCUT2D eigenvalue weighted by Gasteiger charge is -2.31. The summed E-state index contributed by atoms with van der Waals surface area (Å²) in [6, 6.07) is 19.2. The lowest BCUT2D eigenvalue weighted by molar-refractivity contribution is -0.120. The van der Waals surface area contributed by atoms with E-state index in [4.69, 9.17) is 23.2 Å². The van der Waals surface area contributed by atoms with Gasteiger partial charge in [0.15, 0.2) is 0 Å². The number of rotatable bonds is 7.